The molecule has 39 heavy (non-hydrogen) atoms. The normalized spacial score (nSPS) is 11.3. The van der Waals surface area contributed by atoms with Crippen LogP contribution in [0.3, 0.4) is 0 Å². The van der Waals surface area contributed by atoms with Crippen LogP contribution in [0.25, 0.3) is 21.9 Å². The molecule has 198 valence electrons. The summed E-state index contributed by atoms with van der Waals surface area (Å²) in [5.41, 5.74) is 0.0641. The second-order valence-corrected chi connectivity index (χ2v) is 10.3. The lowest BCUT2D eigenvalue weighted by molar-refractivity contribution is -0.116. The van der Waals surface area contributed by atoms with Gasteiger partial charge in [-0.15, -0.1) is 0 Å². The van der Waals surface area contributed by atoms with Crippen molar-refractivity contribution in [2.45, 2.75) is 30.2 Å². The molecule has 5 aromatic rings. The molecule has 0 saturated heterocycles. The number of benzene rings is 3. The summed E-state index contributed by atoms with van der Waals surface area (Å²) in [7, 11) is 0. The van der Waals surface area contributed by atoms with Gasteiger partial charge < -0.3 is 19.0 Å². The quantitative estimate of drug-likeness (QED) is 0.248. The monoisotopic (exact) mass is 564 g/mol. The van der Waals surface area contributed by atoms with Gasteiger partial charge in [-0.2, -0.15) is 0 Å². The highest BCUT2D eigenvalue weighted by atomic mass is 35.5. The minimum atomic E-state index is -0.815. The number of anilines is 1. The van der Waals surface area contributed by atoms with Crippen molar-refractivity contribution >= 4 is 56.8 Å². The number of aromatic hydroxyl groups is 1. The van der Waals surface area contributed by atoms with Crippen molar-refractivity contribution in [3.05, 3.63) is 104 Å². The van der Waals surface area contributed by atoms with Crippen LogP contribution in [0.5, 0.6) is 5.75 Å². The number of amides is 1. The summed E-state index contributed by atoms with van der Waals surface area (Å²) in [6.45, 7) is 3.71. The van der Waals surface area contributed by atoms with Gasteiger partial charge in [-0.05, 0) is 61.0 Å². The fourth-order valence-corrected chi connectivity index (χ4v) is 5.65. The minimum absolute atomic E-state index is 0.0382. The number of carbonyl (C=O) groups excluding carboxylic acids is 1. The van der Waals surface area contributed by atoms with Gasteiger partial charge in [-0.3, -0.25) is 9.59 Å². The number of aromatic nitrogens is 1. The third kappa shape index (κ3) is 5.03. The Kier molecular flexibility index (Phi) is 7.20. The standard InChI is InChI=1S/C29H22ClFN2O5S/c1-3-32(16(2)34)20-11-12-22-23(14-20)33(15-17-7-9-19(31)10-8-17)28(36)24-25(35)27(29(37)38-26(22)24)39-21-6-4-5-18(30)13-21/h4-14,35H,3,15H2,1-2H3. The van der Waals surface area contributed by atoms with Crippen molar-refractivity contribution in [1.82, 2.24) is 4.57 Å². The maximum atomic E-state index is 13.9. The third-order valence-corrected chi connectivity index (χ3v) is 7.60. The van der Waals surface area contributed by atoms with Gasteiger partial charge in [-0.1, -0.05) is 41.6 Å². The maximum absolute atomic E-state index is 13.9. The Balaban J connectivity index is 1.81. The molecule has 1 amide bonds. The number of fused-ring (bicyclic) bond motifs is 3. The van der Waals surface area contributed by atoms with Gasteiger partial charge in [0.25, 0.3) is 5.56 Å². The molecule has 0 bridgehead atoms. The topological polar surface area (TPSA) is 92.8 Å². The Morgan fingerprint density at radius 3 is 2.51 bits per heavy atom. The van der Waals surface area contributed by atoms with E-state index in [-0.39, 0.29) is 28.3 Å². The van der Waals surface area contributed by atoms with E-state index in [2.05, 4.69) is 0 Å². The van der Waals surface area contributed by atoms with Gasteiger partial charge in [0.15, 0.2) is 11.3 Å². The summed E-state index contributed by atoms with van der Waals surface area (Å²) in [6, 6.07) is 17.4. The number of nitrogens with zero attached hydrogens (tertiary/aromatic N) is 2. The first-order valence-electron chi connectivity index (χ1n) is 12.0. The molecule has 0 fully saturated rings. The van der Waals surface area contributed by atoms with E-state index in [0.717, 1.165) is 11.8 Å². The molecule has 0 aliphatic carbocycles. The molecule has 7 nitrogen and oxygen atoms in total. The smallest absolute Gasteiger partial charge is 0.354 e. The molecule has 0 saturated carbocycles. The summed E-state index contributed by atoms with van der Waals surface area (Å²) in [4.78, 5) is 41.2. The molecule has 0 aliphatic rings. The Bertz CT molecular complexity index is 1870. The van der Waals surface area contributed by atoms with Crippen molar-refractivity contribution < 1.29 is 18.7 Å². The maximum Gasteiger partial charge on any atom is 0.354 e. The zero-order chi connectivity index (χ0) is 27.8. The largest absolute Gasteiger partial charge is 0.505 e. The number of pyridine rings is 1. The molecule has 10 heteroatoms. The van der Waals surface area contributed by atoms with Crippen molar-refractivity contribution in [2.24, 2.45) is 0 Å². The molecule has 0 atom stereocenters. The number of rotatable bonds is 6. The molecule has 0 aliphatic heterocycles. The number of carbonyl (C=O) groups is 1. The van der Waals surface area contributed by atoms with Gasteiger partial charge >= 0.3 is 5.63 Å². The molecule has 2 heterocycles. The van der Waals surface area contributed by atoms with Crippen LogP contribution in [0.1, 0.15) is 19.4 Å². The van der Waals surface area contributed by atoms with Crippen molar-refractivity contribution in [2.75, 3.05) is 11.4 Å². The van der Waals surface area contributed by atoms with Crippen molar-refractivity contribution in [3.8, 4) is 5.75 Å². The second-order valence-electron chi connectivity index (χ2n) is 8.81. The van der Waals surface area contributed by atoms with E-state index in [1.54, 1.807) is 54.6 Å². The molecular weight excluding hydrogens is 543 g/mol. The number of halogens is 2. The second kappa shape index (κ2) is 10.6. The molecule has 5 rings (SSSR count). The lowest BCUT2D eigenvalue weighted by Crippen LogP contribution is -2.28. The van der Waals surface area contributed by atoms with Crippen LogP contribution >= 0.6 is 23.4 Å². The Hall–Kier alpha value is -4.08. The van der Waals surface area contributed by atoms with Gasteiger partial charge in [-0.25, -0.2) is 9.18 Å². The molecule has 1 N–H and O–H groups in total. The van der Waals surface area contributed by atoms with Gasteiger partial charge in [0, 0.05) is 34.5 Å². The summed E-state index contributed by atoms with van der Waals surface area (Å²) in [5.74, 6) is -1.11. The van der Waals surface area contributed by atoms with E-state index in [1.807, 2.05) is 6.92 Å². The minimum Gasteiger partial charge on any atom is -0.505 e. The van der Waals surface area contributed by atoms with Crippen molar-refractivity contribution in [3.63, 3.8) is 0 Å². The lowest BCUT2D eigenvalue weighted by Gasteiger charge is -2.21. The Morgan fingerprint density at radius 1 is 1.10 bits per heavy atom. The lowest BCUT2D eigenvalue weighted by atomic mass is 10.1. The highest BCUT2D eigenvalue weighted by molar-refractivity contribution is 7.99. The Morgan fingerprint density at radius 2 is 1.85 bits per heavy atom. The third-order valence-electron chi connectivity index (χ3n) is 6.31. The van der Waals surface area contributed by atoms with Gasteiger partial charge in [0.1, 0.15) is 16.1 Å². The van der Waals surface area contributed by atoms with E-state index in [0.29, 0.717) is 38.6 Å². The van der Waals surface area contributed by atoms with Crippen LogP contribution in [-0.4, -0.2) is 22.1 Å². The van der Waals surface area contributed by atoms with Crippen LogP contribution in [0.15, 0.2) is 90.5 Å². The van der Waals surface area contributed by atoms with Crippen LogP contribution in [0.2, 0.25) is 5.02 Å². The van der Waals surface area contributed by atoms with Crippen LogP contribution in [0, 0.1) is 5.82 Å². The van der Waals surface area contributed by atoms with E-state index < -0.39 is 22.8 Å². The van der Waals surface area contributed by atoms with Crippen molar-refractivity contribution in [1.29, 1.82) is 0 Å². The number of hydrogen-bond acceptors (Lipinski definition) is 6. The summed E-state index contributed by atoms with van der Waals surface area (Å²) in [5, 5.41) is 11.9. The predicted octanol–water partition coefficient (Wildman–Crippen LogP) is 6.18. The first-order chi connectivity index (χ1) is 18.7. The van der Waals surface area contributed by atoms with Crippen LogP contribution in [0.4, 0.5) is 10.1 Å². The molecule has 2 aromatic heterocycles. The van der Waals surface area contributed by atoms with E-state index in [1.165, 1.54) is 28.5 Å². The van der Waals surface area contributed by atoms with Gasteiger partial charge in [0.05, 0.1) is 12.1 Å². The zero-order valence-corrected chi connectivity index (χ0v) is 22.5. The SMILES string of the molecule is CCN(C(C)=O)c1ccc2c3oc(=O)c(Sc4cccc(Cl)c4)c(O)c3c(=O)n(Cc3ccc(F)cc3)c2c1. The Labute approximate surface area is 231 Å². The molecule has 0 radical (unpaired) electrons. The molecule has 3 aromatic carbocycles. The highest BCUT2D eigenvalue weighted by Gasteiger charge is 2.23. The fraction of sp³-hybridized carbons (Fsp3) is 0.138. The van der Waals surface area contributed by atoms with Crippen LogP contribution in [-0.2, 0) is 11.3 Å². The van der Waals surface area contributed by atoms with E-state index in [9.17, 15) is 23.9 Å². The first kappa shape index (κ1) is 26.5. The fourth-order valence-electron chi connectivity index (χ4n) is 4.50. The summed E-state index contributed by atoms with van der Waals surface area (Å²) < 4.78 is 20.6. The summed E-state index contributed by atoms with van der Waals surface area (Å²) in [6.07, 6.45) is 0. The molecule has 0 unspecified atom stereocenters. The average molecular weight is 565 g/mol. The highest BCUT2D eigenvalue weighted by Crippen LogP contribution is 2.38. The summed E-state index contributed by atoms with van der Waals surface area (Å²) >= 11 is 7.00. The average Bonchev–Trinajstić information content (AvgIpc) is 2.90. The van der Waals surface area contributed by atoms with Crippen LogP contribution < -0.4 is 16.1 Å². The van der Waals surface area contributed by atoms with E-state index >= 15 is 0 Å². The number of hydrogen-bond donors (Lipinski definition) is 1. The zero-order valence-electron chi connectivity index (χ0n) is 20.9. The van der Waals surface area contributed by atoms with E-state index in [4.69, 9.17) is 16.0 Å². The van der Waals surface area contributed by atoms with Gasteiger partial charge in [0.2, 0.25) is 5.91 Å². The first-order valence-corrected chi connectivity index (χ1v) is 13.2. The molecular formula is C29H22ClFN2O5S. The predicted molar refractivity (Wildman–Crippen MR) is 151 cm³/mol. The molecule has 0 spiro atoms.